The molecule has 3 N–H and O–H groups in total. The molecular formula is C24H26ClN5O4. The van der Waals surface area contributed by atoms with Gasteiger partial charge in [0.2, 0.25) is 0 Å². The third-order valence-electron chi connectivity index (χ3n) is 5.68. The predicted molar refractivity (Wildman–Crippen MR) is 126 cm³/mol. The molecule has 4 rings (SSSR count). The lowest BCUT2D eigenvalue weighted by atomic mass is 9.99. The highest BCUT2D eigenvalue weighted by Gasteiger charge is 2.50. The Hall–Kier alpha value is -3.27. The Morgan fingerprint density at radius 2 is 1.97 bits per heavy atom. The van der Waals surface area contributed by atoms with Gasteiger partial charge in [0.05, 0.1) is 35.5 Å². The van der Waals surface area contributed by atoms with Crippen LogP contribution in [0.3, 0.4) is 0 Å². The Labute approximate surface area is 202 Å². The zero-order chi connectivity index (χ0) is 24.1. The highest BCUT2D eigenvalue weighted by molar-refractivity contribution is 6.33. The SMILES string of the molecule is CCCCC(NC(=O)c1cccnc1-n1cnc(-c2ccccc2Cl)c1)C1(C(N)=O)OCCO1. The summed E-state index contributed by atoms with van der Waals surface area (Å²) < 4.78 is 12.9. The average molecular weight is 484 g/mol. The zero-order valence-electron chi connectivity index (χ0n) is 18.7. The molecule has 1 aliphatic rings. The number of nitrogens with zero attached hydrogens (tertiary/aromatic N) is 3. The monoisotopic (exact) mass is 483 g/mol. The van der Waals surface area contributed by atoms with Gasteiger partial charge in [-0.05, 0) is 24.6 Å². The summed E-state index contributed by atoms with van der Waals surface area (Å²) in [5.74, 6) is -2.52. The number of benzene rings is 1. The van der Waals surface area contributed by atoms with Crippen LogP contribution >= 0.6 is 11.6 Å². The summed E-state index contributed by atoms with van der Waals surface area (Å²) in [7, 11) is 0. The molecule has 10 heteroatoms. The first-order valence-electron chi connectivity index (χ1n) is 11.1. The molecule has 9 nitrogen and oxygen atoms in total. The van der Waals surface area contributed by atoms with Crippen LogP contribution in [0.1, 0.15) is 36.5 Å². The van der Waals surface area contributed by atoms with Gasteiger partial charge in [-0.25, -0.2) is 9.97 Å². The second-order valence-corrected chi connectivity index (χ2v) is 8.32. The summed E-state index contributed by atoms with van der Waals surface area (Å²) in [6.07, 6.45) is 6.98. The first-order chi connectivity index (χ1) is 16.5. The van der Waals surface area contributed by atoms with Crippen LogP contribution in [0.25, 0.3) is 17.1 Å². The number of hydrogen-bond donors (Lipinski definition) is 2. The Balaban J connectivity index is 1.64. The van der Waals surface area contributed by atoms with Crippen LogP contribution in [0.4, 0.5) is 0 Å². The first-order valence-corrected chi connectivity index (χ1v) is 11.5. The lowest BCUT2D eigenvalue weighted by molar-refractivity contribution is -0.190. The molecule has 1 aromatic carbocycles. The number of amides is 2. The van der Waals surface area contributed by atoms with E-state index in [1.807, 2.05) is 25.1 Å². The maximum Gasteiger partial charge on any atom is 0.280 e. The van der Waals surface area contributed by atoms with Crippen molar-refractivity contribution in [3.05, 3.63) is 65.7 Å². The minimum atomic E-state index is -1.70. The Bertz CT molecular complexity index is 1180. The minimum Gasteiger partial charge on any atom is -0.365 e. The molecule has 1 aliphatic heterocycles. The molecule has 1 fully saturated rings. The molecular weight excluding hydrogens is 458 g/mol. The van der Waals surface area contributed by atoms with Gasteiger partial charge in [0.25, 0.3) is 17.6 Å². The number of pyridine rings is 1. The third kappa shape index (κ3) is 4.68. The van der Waals surface area contributed by atoms with Crippen LogP contribution in [0.5, 0.6) is 0 Å². The number of primary amides is 1. The van der Waals surface area contributed by atoms with Crippen molar-refractivity contribution >= 4 is 23.4 Å². The van der Waals surface area contributed by atoms with Gasteiger partial charge in [0.15, 0.2) is 5.82 Å². The van der Waals surface area contributed by atoms with Gasteiger partial charge in [-0.15, -0.1) is 0 Å². The molecule has 3 heterocycles. The van der Waals surface area contributed by atoms with Crippen molar-refractivity contribution < 1.29 is 19.1 Å². The second kappa shape index (κ2) is 10.3. The quantitative estimate of drug-likeness (QED) is 0.482. The van der Waals surface area contributed by atoms with Crippen LogP contribution in [0, 0.1) is 0 Å². The smallest absolute Gasteiger partial charge is 0.280 e. The normalized spacial score (nSPS) is 15.7. The molecule has 0 spiro atoms. The fourth-order valence-corrected chi connectivity index (χ4v) is 4.20. The van der Waals surface area contributed by atoms with Crippen molar-refractivity contribution in [2.75, 3.05) is 13.2 Å². The zero-order valence-corrected chi connectivity index (χ0v) is 19.5. The summed E-state index contributed by atoms with van der Waals surface area (Å²) in [5.41, 5.74) is 7.34. The lowest BCUT2D eigenvalue weighted by Crippen LogP contribution is -2.60. The Morgan fingerprint density at radius 1 is 1.21 bits per heavy atom. The highest BCUT2D eigenvalue weighted by atomic mass is 35.5. The summed E-state index contributed by atoms with van der Waals surface area (Å²) in [6, 6.07) is 9.93. The highest BCUT2D eigenvalue weighted by Crippen LogP contribution is 2.29. The van der Waals surface area contributed by atoms with E-state index in [0.29, 0.717) is 28.5 Å². The largest absolute Gasteiger partial charge is 0.365 e. The molecule has 34 heavy (non-hydrogen) atoms. The number of nitrogens with one attached hydrogen (secondary N) is 1. The number of hydrogen-bond acceptors (Lipinski definition) is 6. The summed E-state index contributed by atoms with van der Waals surface area (Å²) in [4.78, 5) is 34.5. The molecule has 1 atom stereocenters. The number of unbranched alkanes of at least 4 members (excludes halogenated alkanes) is 1. The van der Waals surface area contributed by atoms with E-state index in [2.05, 4.69) is 15.3 Å². The Morgan fingerprint density at radius 3 is 2.68 bits per heavy atom. The van der Waals surface area contributed by atoms with Crippen LogP contribution in [0.15, 0.2) is 55.1 Å². The molecule has 3 aromatic rings. The number of aromatic nitrogens is 3. The van der Waals surface area contributed by atoms with Gasteiger partial charge in [-0.1, -0.05) is 49.6 Å². The van der Waals surface area contributed by atoms with E-state index >= 15 is 0 Å². The average Bonchev–Trinajstić information content (AvgIpc) is 3.53. The van der Waals surface area contributed by atoms with E-state index in [4.69, 9.17) is 26.8 Å². The fourth-order valence-electron chi connectivity index (χ4n) is 3.97. The number of rotatable bonds is 9. The minimum absolute atomic E-state index is 0.222. The topological polar surface area (TPSA) is 121 Å². The third-order valence-corrected chi connectivity index (χ3v) is 6.01. The number of carbonyl (C=O) groups is 2. The van der Waals surface area contributed by atoms with Crippen molar-refractivity contribution in [1.29, 1.82) is 0 Å². The summed E-state index contributed by atoms with van der Waals surface area (Å²) in [6.45, 7) is 2.46. The fraction of sp³-hybridized carbons (Fsp3) is 0.333. The molecule has 178 valence electrons. The standard InChI is InChI=1S/C24H26ClN5O4/c1-2-3-10-20(24(23(26)32)33-12-13-34-24)29-22(31)17-8-6-11-27-21(17)30-14-19(28-15-30)16-7-4-5-9-18(16)25/h4-9,11,14-15,20H,2-3,10,12-13H2,1H3,(H2,26,32)(H,29,31). The van der Waals surface area contributed by atoms with E-state index in [9.17, 15) is 9.59 Å². The van der Waals surface area contributed by atoms with Crippen LogP contribution in [0.2, 0.25) is 5.02 Å². The van der Waals surface area contributed by atoms with E-state index in [1.54, 1.807) is 41.5 Å². The van der Waals surface area contributed by atoms with Gasteiger partial charge in [0, 0.05) is 18.0 Å². The van der Waals surface area contributed by atoms with E-state index < -0.39 is 23.6 Å². The van der Waals surface area contributed by atoms with Crippen LogP contribution < -0.4 is 11.1 Å². The molecule has 0 bridgehead atoms. The van der Waals surface area contributed by atoms with Crippen molar-refractivity contribution in [2.24, 2.45) is 5.73 Å². The molecule has 1 saturated heterocycles. The second-order valence-electron chi connectivity index (χ2n) is 7.92. The molecule has 0 aliphatic carbocycles. The number of nitrogens with two attached hydrogens (primary N) is 1. The van der Waals surface area contributed by atoms with Crippen molar-refractivity contribution in [1.82, 2.24) is 19.9 Å². The molecule has 2 aromatic heterocycles. The van der Waals surface area contributed by atoms with Gasteiger partial charge in [-0.2, -0.15) is 0 Å². The summed E-state index contributed by atoms with van der Waals surface area (Å²) >= 11 is 6.31. The van der Waals surface area contributed by atoms with E-state index in [1.165, 1.54) is 0 Å². The van der Waals surface area contributed by atoms with E-state index in [-0.39, 0.29) is 13.2 Å². The molecule has 0 saturated carbocycles. The maximum atomic E-state index is 13.4. The lowest BCUT2D eigenvalue weighted by Gasteiger charge is -2.33. The van der Waals surface area contributed by atoms with Crippen LogP contribution in [-0.2, 0) is 14.3 Å². The summed E-state index contributed by atoms with van der Waals surface area (Å²) in [5, 5.41) is 3.47. The number of carbonyl (C=O) groups excluding carboxylic acids is 2. The molecule has 2 amide bonds. The number of ether oxygens (including phenoxy) is 2. The first kappa shape index (κ1) is 23.9. The molecule has 1 unspecified atom stereocenters. The number of halogens is 1. The van der Waals surface area contributed by atoms with Crippen molar-refractivity contribution in [3.63, 3.8) is 0 Å². The Kier molecular flexibility index (Phi) is 7.26. The van der Waals surface area contributed by atoms with Gasteiger partial charge in [0.1, 0.15) is 6.33 Å². The van der Waals surface area contributed by atoms with Gasteiger partial charge < -0.3 is 20.5 Å². The number of imidazole rings is 1. The van der Waals surface area contributed by atoms with Crippen molar-refractivity contribution in [2.45, 2.75) is 38.0 Å². The van der Waals surface area contributed by atoms with Gasteiger partial charge in [-0.3, -0.25) is 14.2 Å². The maximum absolute atomic E-state index is 13.4. The molecule has 0 radical (unpaired) electrons. The van der Waals surface area contributed by atoms with E-state index in [0.717, 1.165) is 18.4 Å². The van der Waals surface area contributed by atoms with Gasteiger partial charge >= 0.3 is 0 Å². The van der Waals surface area contributed by atoms with Crippen LogP contribution in [-0.4, -0.2) is 51.4 Å². The predicted octanol–water partition coefficient (Wildman–Crippen LogP) is 3.10. The van der Waals surface area contributed by atoms with Crippen molar-refractivity contribution in [3.8, 4) is 17.1 Å².